The Morgan fingerprint density at radius 1 is 1.10 bits per heavy atom. The Balaban J connectivity index is 1.29. The molecule has 4 aromatic rings. The second-order valence-electron chi connectivity index (χ2n) is 10.7. The van der Waals surface area contributed by atoms with E-state index < -0.39 is 23.7 Å². The summed E-state index contributed by atoms with van der Waals surface area (Å²) in [6.07, 6.45) is 1.78. The van der Waals surface area contributed by atoms with Gasteiger partial charge in [0.15, 0.2) is 0 Å². The summed E-state index contributed by atoms with van der Waals surface area (Å²) in [6, 6.07) is 14.2. The molecule has 2 aliphatic rings. The number of rotatable bonds is 8. The van der Waals surface area contributed by atoms with Crippen LogP contribution < -0.4 is 10.6 Å². The average molecular weight is 575 g/mol. The van der Waals surface area contributed by atoms with Gasteiger partial charge in [-0.1, -0.05) is 18.2 Å². The van der Waals surface area contributed by atoms with Gasteiger partial charge in [-0.05, 0) is 42.8 Å². The summed E-state index contributed by atoms with van der Waals surface area (Å²) in [5.41, 5.74) is 5.50. The van der Waals surface area contributed by atoms with Crippen LogP contribution in [0.2, 0.25) is 0 Å². The van der Waals surface area contributed by atoms with E-state index in [4.69, 9.17) is 14.6 Å². The summed E-state index contributed by atoms with van der Waals surface area (Å²) in [6.45, 7) is 5.07. The van der Waals surface area contributed by atoms with Crippen molar-refractivity contribution in [2.24, 2.45) is 0 Å². The van der Waals surface area contributed by atoms with Gasteiger partial charge in [0.05, 0.1) is 42.9 Å². The van der Waals surface area contributed by atoms with Gasteiger partial charge in [-0.25, -0.2) is 18.3 Å². The zero-order valence-corrected chi connectivity index (χ0v) is 23.4. The molecular formula is C31H32F2N6O3. The molecule has 1 saturated heterocycles. The molecule has 4 heterocycles. The van der Waals surface area contributed by atoms with Gasteiger partial charge >= 0.3 is 6.03 Å². The van der Waals surface area contributed by atoms with E-state index in [1.54, 1.807) is 18.0 Å². The van der Waals surface area contributed by atoms with Crippen molar-refractivity contribution in [2.45, 2.75) is 32.1 Å². The molecule has 6 rings (SSSR count). The van der Waals surface area contributed by atoms with Gasteiger partial charge in [-0.15, -0.1) is 0 Å². The second-order valence-corrected chi connectivity index (χ2v) is 10.7. The molecule has 2 N–H and O–H groups in total. The molecule has 0 saturated carbocycles. The number of anilines is 1. The van der Waals surface area contributed by atoms with Crippen LogP contribution >= 0.6 is 0 Å². The van der Waals surface area contributed by atoms with Crippen molar-refractivity contribution in [1.29, 1.82) is 0 Å². The fraction of sp³-hybridized carbons (Fsp3) is 0.323. The summed E-state index contributed by atoms with van der Waals surface area (Å²) in [5.74, 6) is -1.10. The number of pyridine rings is 1. The number of halogens is 2. The Labute approximate surface area is 242 Å². The van der Waals surface area contributed by atoms with E-state index in [9.17, 15) is 13.6 Å². The standard InChI is InChI=1S/C31H32F2N6O3/c1-19-29(21-10-22-17-42-18-28(22)34-14-21)37-39(25-6-4-3-5-7-25)30(19)36-31(40)35-27-16-38(8-9-41-2)15-26(27)20-11-23(32)13-24(33)12-20/h3-7,10-14,26-27H,8-9,15-18H2,1-2H3,(H2,35,36,40). The lowest BCUT2D eigenvalue weighted by atomic mass is 9.94. The van der Waals surface area contributed by atoms with Crippen LogP contribution in [0.1, 0.15) is 28.3 Å². The number of ether oxygens (including phenoxy) is 2. The molecule has 1 fully saturated rings. The van der Waals surface area contributed by atoms with Gasteiger partial charge in [0, 0.05) is 61.6 Å². The molecule has 9 nitrogen and oxygen atoms in total. The van der Waals surface area contributed by atoms with Gasteiger partial charge in [-0.3, -0.25) is 15.2 Å². The topological polar surface area (TPSA) is 93.5 Å². The van der Waals surface area contributed by atoms with E-state index in [2.05, 4.69) is 20.5 Å². The maximum Gasteiger partial charge on any atom is 0.320 e. The first kappa shape index (κ1) is 28.0. The fourth-order valence-electron chi connectivity index (χ4n) is 5.73. The first-order chi connectivity index (χ1) is 20.4. The number of methoxy groups -OCH3 is 1. The number of amides is 2. The maximum atomic E-state index is 14.1. The maximum absolute atomic E-state index is 14.1. The molecule has 11 heteroatoms. The Morgan fingerprint density at radius 3 is 2.64 bits per heavy atom. The van der Waals surface area contributed by atoms with Crippen LogP contribution in [0.4, 0.5) is 19.4 Å². The number of urea groups is 1. The van der Waals surface area contributed by atoms with E-state index in [0.29, 0.717) is 56.5 Å². The largest absolute Gasteiger partial charge is 0.383 e. The van der Waals surface area contributed by atoms with Gasteiger partial charge in [-0.2, -0.15) is 5.10 Å². The number of aromatic nitrogens is 3. The van der Waals surface area contributed by atoms with E-state index in [0.717, 1.165) is 34.1 Å². The summed E-state index contributed by atoms with van der Waals surface area (Å²) < 4.78 is 40.7. The van der Waals surface area contributed by atoms with E-state index in [-0.39, 0.29) is 5.92 Å². The molecule has 2 aromatic heterocycles. The van der Waals surface area contributed by atoms with Gasteiger partial charge < -0.3 is 14.8 Å². The number of hydrogen-bond acceptors (Lipinski definition) is 6. The number of carbonyl (C=O) groups is 1. The summed E-state index contributed by atoms with van der Waals surface area (Å²) in [7, 11) is 1.62. The molecular weight excluding hydrogens is 542 g/mol. The molecule has 42 heavy (non-hydrogen) atoms. The van der Waals surface area contributed by atoms with Crippen LogP contribution in [0, 0.1) is 18.6 Å². The number of para-hydroxylation sites is 1. The van der Waals surface area contributed by atoms with Crippen LogP contribution in [0.15, 0.2) is 60.8 Å². The van der Waals surface area contributed by atoms with Crippen molar-refractivity contribution >= 4 is 11.8 Å². The molecule has 0 radical (unpaired) electrons. The predicted octanol–water partition coefficient (Wildman–Crippen LogP) is 4.79. The highest BCUT2D eigenvalue weighted by Gasteiger charge is 2.35. The lowest BCUT2D eigenvalue weighted by Gasteiger charge is -2.21. The molecule has 2 atom stereocenters. The lowest BCUT2D eigenvalue weighted by molar-refractivity contribution is 0.133. The van der Waals surface area contributed by atoms with Gasteiger partial charge in [0.25, 0.3) is 0 Å². The van der Waals surface area contributed by atoms with Crippen molar-refractivity contribution < 1.29 is 23.0 Å². The lowest BCUT2D eigenvalue weighted by Crippen LogP contribution is -2.42. The van der Waals surface area contributed by atoms with Crippen LogP contribution in [0.5, 0.6) is 0 Å². The van der Waals surface area contributed by atoms with Crippen molar-refractivity contribution in [1.82, 2.24) is 25.0 Å². The third-order valence-corrected chi connectivity index (χ3v) is 7.82. The second kappa shape index (κ2) is 12.0. The summed E-state index contributed by atoms with van der Waals surface area (Å²) in [4.78, 5) is 20.2. The van der Waals surface area contributed by atoms with Crippen molar-refractivity contribution in [3.05, 3.63) is 94.8 Å². The third-order valence-electron chi connectivity index (χ3n) is 7.82. The number of carbonyl (C=O) groups excluding carboxylic acids is 1. The van der Waals surface area contributed by atoms with Crippen LogP contribution in [-0.4, -0.2) is 65.1 Å². The molecule has 0 spiro atoms. The predicted molar refractivity (Wildman–Crippen MR) is 153 cm³/mol. The van der Waals surface area contributed by atoms with Crippen LogP contribution in [0.25, 0.3) is 16.9 Å². The molecule has 218 valence electrons. The molecule has 2 amide bonds. The molecule has 2 aliphatic heterocycles. The first-order valence-electron chi connectivity index (χ1n) is 13.9. The zero-order chi connectivity index (χ0) is 29.2. The number of fused-ring (bicyclic) bond motifs is 1. The zero-order valence-electron chi connectivity index (χ0n) is 23.4. The summed E-state index contributed by atoms with van der Waals surface area (Å²) in [5, 5.41) is 11.0. The number of likely N-dealkylation sites (tertiary alicyclic amines) is 1. The fourth-order valence-corrected chi connectivity index (χ4v) is 5.73. The molecule has 0 aliphatic carbocycles. The molecule has 2 aromatic carbocycles. The quantitative estimate of drug-likeness (QED) is 0.315. The Kier molecular flexibility index (Phi) is 7.96. The van der Waals surface area contributed by atoms with E-state index in [1.165, 1.54) is 12.1 Å². The molecule has 0 bridgehead atoms. The smallest absolute Gasteiger partial charge is 0.320 e. The normalized spacial score (nSPS) is 18.3. The number of nitrogens with one attached hydrogen (secondary N) is 2. The minimum absolute atomic E-state index is 0.312. The Bertz CT molecular complexity index is 1580. The van der Waals surface area contributed by atoms with Gasteiger partial charge in [0.2, 0.25) is 0 Å². The van der Waals surface area contributed by atoms with Gasteiger partial charge in [0.1, 0.15) is 17.5 Å². The van der Waals surface area contributed by atoms with Crippen LogP contribution in [-0.2, 0) is 22.7 Å². The Hall–Kier alpha value is -4.19. The molecule has 2 unspecified atom stereocenters. The van der Waals surface area contributed by atoms with E-state index >= 15 is 0 Å². The minimum Gasteiger partial charge on any atom is -0.383 e. The number of hydrogen-bond donors (Lipinski definition) is 2. The monoisotopic (exact) mass is 574 g/mol. The van der Waals surface area contributed by atoms with E-state index in [1.807, 2.05) is 43.3 Å². The van der Waals surface area contributed by atoms with Crippen LogP contribution in [0.3, 0.4) is 0 Å². The number of benzene rings is 2. The van der Waals surface area contributed by atoms with Crippen molar-refractivity contribution in [3.63, 3.8) is 0 Å². The highest BCUT2D eigenvalue weighted by atomic mass is 19.1. The van der Waals surface area contributed by atoms with Crippen molar-refractivity contribution in [3.8, 4) is 16.9 Å². The van der Waals surface area contributed by atoms with Crippen molar-refractivity contribution in [2.75, 3.05) is 38.7 Å². The highest BCUT2D eigenvalue weighted by Crippen LogP contribution is 2.33. The number of nitrogens with zero attached hydrogens (tertiary/aromatic N) is 4. The summed E-state index contributed by atoms with van der Waals surface area (Å²) >= 11 is 0. The first-order valence-corrected chi connectivity index (χ1v) is 13.9. The minimum atomic E-state index is -0.647. The average Bonchev–Trinajstić information content (AvgIpc) is 3.69. The SMILES string of the molecule is COCCN1CC(NC(=O)Nc2c(C)c(-c3cnc4c(c3)COC4)nn2-c2ccccc2)C(c2cc(F)cc(F)c2)C1. The third kappa shape index (κ3) is 5.76. The highest BCUT2D eigenvalue weighted by molar-refractivity contribution is 5.91. The Morgan fingerprint density at radius 2 is 1.88 bits per heavy atom.